The fourth-order valence-electron chi connectivity index (χ4n) is 1.27. The zero-order valence-corrected chi connectivity index (χ0v) is 10.3. The number of hydrogen-bond donors (Lipinski definition) is 1. The van der Waals surface area contributed by atoms with Crippen LogP contribution in [0.4, 0.5) is 10.2 Å². The molecule has 2 rings (SSSR count). The van der Waals surface area contributed by atoms with Gasteiger partial charge in [-0.05, 0) is 31.2 Å². The standard InChI is InChI=1S/C11H14FN3OS/c1-2-11(12,7-16)9-5-13-6-10(14-9)15-17-8-3-4-8/h5-8H,2-4H2,1H3,(H,14,15). The summed E-state index contributed by atoms with van der Waals surface area (Å²) in [6.45, 7) is 1.61. The Kier molecular flexibility index (Phi) is 3.61. The minimum Gasteiger partial charge on any atom is -0.313 e. The minimum atomic E-state index is -2.03. The van der Waals surface area contributed by atoms with E-state index in [1.165, 1.54) is 25.2 Å². The summed E-state index contributed by atoms with van der Waals surface area (Å²) < 4.78 is 17.1. The van der Waals surface area contributed by atoms with Crippen molar-refractivity contribution >= 4 is 24.1 Å². The Hall–Kier alpha value is -1.17. The van der Waals surface area contributed by atoms with Crippen molar-refractivity contribution < 1.29 is 9.18 Å². The van der Waals surface area contributed by atoms with Gasteiger partial charge in [0, 0.05) is 5.25 Å². The Labute approximate surface area is 104 Å². The number of alkyl halides is 1. The van der Waals surface area contributed by atoms with Crippen molar-refractivity contribution in [1.29, 1.82) is 0 Å². The maximum absolute atomic E-state index is 14.1. The van der Waals surface area contributed by atoms with Crippen LogP contribution in [0.1, 0.15) is 31.9 Å². The SMILES string of the molecule is CCC(F)(C=O)c1cncc(NSC2CC2)n1. The predicted molar refractivity (Wildman–Crippen MR) is 65.4 cm³/mol. The maximum atomic E-state index is 14.1. The molecule has 1 atom stereocenters. The lowest BCUT2D eigenvalue weighted by molar-refractivity contribution is -0.118. The highest BCUT2D eigenvalue weighted by molar-refractivity contribution is 8.01. The second-order valence-electron chi connectivity index (χ2n) is 4.04. The quantitative estimate of drug-likeness (QED) is 0.625. The van der Waals surface area contributed by atoms with E-state index in [1.807, 2.05) is 0 Å². The second kappa shape index (κ2) is 5.00. The number of halogens is 1. The van der Waals surface area contributed by atoms with Crippen LogP contribution in [-0.4, -0.2) is 21.5 Å². The summed E-state index contributed by atoms with van der Waals surface area (Å²) in [5.41, 5.74) is -1.97. The molecule has 0 amide bonds. The number of carbonyl (C=O) groups is 1. The first kappa shape index (κ1) is 12.3. The Balaban J connectivity index is 2.11. The summed E-state index contributed by atoms with van der Waals surface area (Å²) in [6.07, 6.45) is 5.56. The number of hydrogen-bond acceptors (Lipinski definition) is 5. The van der Waals surface area contributed by atoms with Gasteiger partial charge < -0.3 is 4.72 Å². The van der Waals surface area contributed by atoms with Gasteiger partial charge in [0.05, 0.1) is 12.4 Å². The molecule has 1 aromatic rings. The van der Waals surface area contributed by atoms with Crippen LogP contribution in [0.25, 0.3) is 0 Å². The normalized spacial score (nSPS) is 18.5. The smallest absolute Gasteiger partial charge is 0.208 e. The number of aromatic nitrogens is 2. The van der Waals surface area contributed by atoms with Crippen LogP contribution in [0.5, 0.6) is 0 Å². The van der Waals surface area contributed by atoms with Gasteiger partial charge in [-0.15, -0.1) is 0 Å². The van der Waals surface area contributed by atoms with E-state index >= 15 is 0 Å². The van der Waals surface area contributed by atoms with Gasteiger partial charge >= 0.3 is 0 Å². The molecule has 0 aliphatic heterocycles. The van der Waals surface area contributed by atoms with Crippen molar-refractivity contribution in [1.82, 2.24) is 9.97 Å². The van der Waals surface area contributed by atoms with Crippen molar-refractivity contribution in [2.45, 2.75) is 37.1 Å². The Morgan fingerprint density at radius 3 is 3.00 bits per heavy atom. The number of nitrogens with one attached hydrogen (secondary N) is 1. The van der Waals surface area contributed by atoms with Crippen LogP contribution in [-0.2, 0) is 10.5 Å². The molecule has 6 heteroatoms. The molecule has 0 radical (unpaired) electrons. The van der Waals surface area contributed by atoms with E-state index in [-0.39, 0.29) is 18.4 Å². The average Bonchev–Trinajstić information content (AvgIpc) is 3.20. The summed E-state index contributed by atoms with van der Waals surface area (Å²) in [6, 6.07) is 0. The van der Waals surface area contributed by atoms with Crippen molar-refractivity contribution in [3.05, 3.63) is 18.1 Å². The number of carbonyl (C=O) groups excluding carboxylic acids is 1. The van der Waals surface area contributed by atoms with E-state index in [0.717, 1.165) is 0 Å². The van der Waals surface area contributed by atoms with Crippen LogP contribution in [0.15, 0.2) is 12.4 Å². The van der Waals surface area contributed by atoms with Crippen molar-refractivity contribution in [2.24, 2.45) is 0 Å². The first-order chi connectivity index (χ1) is 8.18. The van der Waals surface area contributed by atoms with Crippen LogP contribution < -0.4 is 4.72 Å². The van der Waals surface area contributed by atoms with E-state index < -0.39 is 5.67 Å². The maximum Gasteiger partial charge on any atom is 0.208 e. The lowest BCUT2D eigenvalue weighted by atomic mass is 10.0. The third-order valence-corrected chi connectivity index (χ3v) is 3.75. The van der Waals surface area contributed by atoms with Crippen LogP contribution in [0, 0.1) is 0 Å². The summed E-state index contributed by atoms with van der Waals surface area (Å²) >= 11 is 1.57. The Morgan fingerprint density at radius 1 is 1.65 bits per heavy atom. The molecular weight excluding hydrogens is 241 g/mol. The molecule has 1 unspecified atom stereocenters. The minimum absolute atomic E-state index is 0.0599. The van der Waals surface area contributed by atoms with Crippen LogP contribution in [0.2, 0.25) is 0 Å². The monoisotopic (exact) mass is 255 g/mol. The fraction of sp³-hybridized carbons (Fsp3) is 0.545. The van der Waals surface area contributed by atoms with Gasteiger partial charge in [-0.3, -0.25) is 9.78 Å². The zero-order valence-electron chi connectivity index (χ0n) is 9.52. The predicted octanol–water partition coefficient (Wildman–Crippen LogP) is 2.47. The number of rotatable bonds is 6. The molecule has 1 saturated carbocycles. The van der Waals surface area contributed by atoms with E-state index in [9.17, 15) is 9.18 Å². The molecule has 0 saturated heterocycles. The third kappa shape index (κ3) is 2.94. The zero-order chi connectivity index (χ0) is 12.3. The molecule has 1 aliphatic rings. The number of anilines is 1. The Morgan fingerprint density at radius 2 is 2.41 bits per heavy atom. The molecule has 1 heterocycles. The number of nitrogens with zero attached hydrogens (tertiary/aromatic N) is 2. The average molecular weight is 255 g/mol. The Bertz CT molecular complexity index is 413. The largest absolute Gasteiger partial charge is 0.313 e. The van der Waals surface area contributed by atoms with Gasteiger partial charge in [0.1, 0.15) is 5.69 Å². The molecule has 0 bridgehead atoms. The molecule has 0 spiro atoms. The summed E-state index contributed by atoms with van der Waals surface area (Å²) in [4.78, 5) is 18.8. The molecule has 0 aromatic carbocycles. The first-order valence-electron chi connectivity index (χ1n) is 5.57. The summed E-state index contributed by atoms with van der Waals surface area (Å²) in [7, 11) is 0. The van der Waals surface area contributed by atoms with E-state index in [1.54, 1.807) is 18.9 Å². The topological polar surface area (TPSA) is 54.9 Å². The molecular formula is C11H14FN3OS. The summed E-state index contributed by atoms with van der Waals surface area (Å²) in [5.74, 6) is 0.497. The van der Waals surface area contributed by atoms with Gasteiger partial charge in [-0.25, -0.2) is 9.37 Å². The van der Waals surface area contributed by atoms with Crippen molar-refractivity contribution in [2.75, 3.05) is 4.72 Å². The molecule has 17 heavy (non-hydrogen) atoms. The van der Waals surface area contributed by atoms with Crippen LogP contribution in [0.3, 0.4) is 0 Å². The highest BCUT2D eigenvalue weighted by Crippen LogP contribution is 2.34. The number of aldehydes is 1. The lowest BCUT2D eigenvalue weighted by Crippen LogP contribution is -2.22. The molecule has 4 nitrogen and oxygen atoms in total. The third-order valence-electron chi connectivity index (χ3n) is 2.62. The van der Waals surface area contributed by atoms with E-state index in [0.29, 0.717) is 11.1 Å². The molecule has 1 aromatic heterocycles. The molecule has 1 fully saturated rings. The van der Waals surface area contributed by atoms with Gasteiger partial charge in [-0.2, -0.15) is 0 Å². The van der Waals surface area contributed by atoms with Crippen molar-refractivity contribution in [3.63, 3.8) is 0 Å². The molecule has 92 valence electrons. The van der Waals surface area contributed by atoms with E-state index in [4.69, 9.17) is 0 Å². The van der Waals surface area contributed by atoms with Gasteiger partial charge in [0.2, 0.25) is 5.67 Å². The fourth-order valence-corrected chi connectivity index (χ4v) is 2.03. The lowest BCUT2D eigenvalue weighted by Gasteiger charge is -2.16. The summed E-state index contributed by atoms with van der Waals surface area (Å²) in [5, 5.41) is 0.618. The molecule has 1 aliphatic carbocycles. The van der Waals surface area contributed by atoms with Gasteiger partial charge in [0.15, 0.2) is 12.1 Å². The second-order valence-corrected chi connectivity index (χ2v) is 5.15. The molecule has 1 N–H and O–H groups in total. The van der Waals surface area contributed by atoms with Crippen molar-refractivity contribution in [3.8, 4) is 0 Å². The van der Waals surface area contributed by atoms with E-state index in [2.05, 4.69) is 14.7 Å². The first-order valence-corrected chi connectivity index (χ1v) is 6.45. The highest BCUT2D eigenvalue weighted by Gasteiger charge is 2.32. The van der Waals surface area contributed by atoms with Gasteiger partial charge in [0.25, 0.3) is 0 Å². The highest BCUT2D eigenvalue weighted by atomic mass is 32.2. The van der Waals surface area contributed by atoms with Crippen LogP contribution >= 0.6 is 11.9 Å². The van der Waals surface area contributed by atoms with Gasteiger partial charge in [-0.1, -0.05) is 6.92 Å².